The average molecular weight is 438 g/mol. The second-order valence-corrected chi connectivity index (χ2v) is 10.3. The van der Waals surface area contributed by atoms with Crippen molar-refractivity contribution >= 4 is 30.4 Å². The van der Waals surface area contributed by atoms with Crippen LogP contribution in [0.3, 0.4) is 0 Å². The highest BCUT2D eigenvalue weighted by molar-refractivity contribution is 7.99. The number of carbonyl (C=O) groups excluding carboxylic acids is 3. The third-order valence-electron chi connectivity index (χ3n) is 5.31. The Morgan fingerprint density at radius 1 is 1.10 bits per heavy atom. The van der Waals surface area contributed by atoms with Gasteiger partial charge in [0.05, 0.1) is 6.04 Å². The molecule has 1 aliphatic heterocycles. The standard InChI is InChI=1S/C22H32FN3O3S/c1-21(2,23)20(29)24-19(14-27)22(3,4)30-15-18-7-5-17(6-8-18)13-25-9-11-26(16-28)12-10-25/h5-8,14,16,19H,9-13,15H2,1-4H3,(H,24,29)/t19-/m1/s1. The zero-order valence-electron chi connectivity index (χ0n) is 18.2. The van der Waals surface area contributed by atoms with Crippen LogP contribution in [0.2, 0.25) is 0 Å². The molecule has 1 atom stereocenters. The maximum atomic E-state index is 13.8. The van der Waals surface area contributed by atoms with Gasteiger partial charge < -0.3 is 15.0 Å². The van der Waals surface area contributed by atoms with Crippen molar-refractivity contribution < 1.29 is 18.8 Å². The normalized spacial score (nSPS) is 16.8. The Morgan fingerprint density at radius 2 is 1.67 bits per heavy atom. The molecule has 2 rings (SSSR count). The summed E-state index contributed by atoms with van der Waals surface area (Å²) < 4.78 is 13.2. The second kappa shape index (κ2) is 10.4. The first-order valence-electron chi connectivity index (χ1n) is 10.1. The van der Waals surface area contributed by atoms with Crippen LogP contribution in [0.15, 0.2) is 24.3 Å². The maximum Gasteiger partial charge on any atom is 0.257 e. The Bertz CT molecular complexity index is 726. The summed E-state index contributed by atoms with van der Waals surface area (Å²) in [5.41, 5.74) is 0.299. The van der Waals surface area contributed by atoms with Gasteiger partial charge in [0, 0.05) is 43.2 Å². The number of alkyl halides is 1. The highest BCUT2D eigenvalue weighted by Crippen LogP contribution is 2.31. The lowest BCUT2D eigenvalue weighted by atomic mass is 10.0. The van der Waals surface area contributed by atoms with E-state index in [0.29, 0.717) is 12.0 Å². The molecule has 6 nitrogen and oxygen atoms in total. The van der Waals surface area contributed by atoms with Crippen LogP contribution in [0.5, 0.6) is 0 Å². The SMILES string of the molecule is CC(C)(F)C(=O)N[C@H](C=O)C(C)(C)SCc1ccc(CN2CCN(C=O)CC2)cc1. The van der Waals surface area contributed by atoms with Gasteiger partial charge in [0.25, 0.3) is 5.91 Å². The van der Waals surface area contributed by atoms with E-state index in [2.05, 4.69) is 34.5 Å². The number of hydrogen-bond acceptors (Lipinski definition) is 5. The molecule has 1 heterocycles. The highest BCUT2D eigenvalue weighted by atomic mass is 32.2. The molecule has 1 aliphatic rings. The van der Waals surface area contributed by atoms with Crippen LogP contribution in [-0.2, 0) is 26.7 Å². The van der Waals surface area contributed by atoms with Crippen LogP contribution >= 0.6 is 11.8 Å². The van der Waals surface area contributed by atoms with Gasteiger partial charge in [-0.3, -0.25) is 14.5 Å². The van der Waals surface area contributed by atoms with Crippen molar-refractivity contribution in [2.24, 2.45) is 0 Å². The Morgan fingerprint density at radius 3 is 2.17 bits per heavy atom. The molecular formula is C22H32FN3O3S. The summed E-state index contributed by atoms with van der Waals surface area (Å²) in [5, 5.41) is 2.51. The number of hydrogen-bond donors (Lipinski definition) is 1. The van der Waals surface area contributed by atoms with Gasteiger partial charge in [0.2, 0.25) is 6.41 Å². The van der Waals surface area contributed by atoms with E-state index in [1.54, 1.807) is 16.7 Å². The monoisotopic (exact) mass is 437 g/mol. The molecule has 166 valence electrons. The van der Waals surface area contributed by atoms with E-state index in [1.165, 1.54) is 19.4 Å². The van der Waals surface area contributed by atoms with E-state index in [4.69, 9.17) is 0 Å². The Balaban J connectivity index is 1.87. The predicted octanol–water partition coefficient (Wildman–Crippen LogP) is 2.40. The van der Waals surface area contributed by atoms with Gasteiger partial charge in [-0.25, -0.2) is 4.39 Å². The number of thioether (sulfide) groups is 1. The molecule has 1 saturated heterocycles. The number of amides is 2. The summed E-state index contributed by atoms with van der Waals surface area (Å²) in [6.45, 7) is 10.2. The fourth-order valence-electron chi connectivity index (χ4n) is 3.07. The van der Waals surface area contributed by atoms with Crippen LogP contribution < -0.4 is 5.32 Å². The maximum absolute atomic E-state index is 13.8. The van der Waals surface area contributed by atoms with E-state index >= 15 is 0 Å². The van der Waals surface area contributed by atoms with Crippen molar-refractivity contribution in [1.82, 2.24) is 15.1 Å². The molecule has 0 aromatic heterocycles. The molecular weight excluding hydrogens is 405 g/mol. The minimum atomic E-state index is -2.03. The minimum absolute atomic E-state index is 0.584. The van der Waals surface area contributed by atoms with Crippen molar-refractivity contribution in [3.05, 3.63) is 35.4 Å². The molecule has 0 unspecified atom stereocenters. The van der Waals surface area contributed by atoms with Crippen LogP contribution in [-0.4, -0.2) is 71.0 Å². The molecule has 2 amide bonds. The van der Waals surface area contributed by atoms with Crippen molar-refractivity contribution in [2.75, 3.05) is 26.2 Å². The Labute approximate surface area is 182 Å². The predicted molar refractivity (Wildman–Crippen MR) is 118 cm³/mol. The van der Waals surface area contributed by atoms with Crippen LogP contribution in [0, 0.1) is 0 Å². The second-order valence-electron chi connectivity index (χ2n) is 8.69. The first kappa shape index (κ1) is 24.3. The van der Waals surface area contributed by atoms with Crippen molar-refractivity contribution in [2.45, 2.75) is 56.5 Å². The zero-order chi connectivity index (χ0) is 22.4. The van der Waals surface area contributed by atoms with Gasteiger partial charge >= 0.3 is 0 Å². The molecule has 0 aliphatic carbocycles. The smallest absolute Gasteiger partial charge is 0.257 e. The third kappa shape index (κ3) is 7.09. The van der Waals surface area contributed by atoms with Crippen LogP contribution in [0.4, 0.5) is 4.39 Å². The van der Waals surface area contributed by atoms with Gasteiger partial charge in [-0.1, -0.05) is 24.3 Å². The van der Waals surface area contributed by atoms with E-state index in [-0.39, 0.29) is 0 Å². The molecule has 1 aromatic carbocycles. The molecule has 0 spiro atoms. The van der Waals surface area contributed by atoms with Gasteiger partial charge in [-0.15, -0.1) is 11.8 Å². The number of benzene rings is 1. The summed E-state index contributed by atoms with van der Waals surface area (Å²) in [6, 6.07) is 7.55. The van der Waals surface area contributed by atoms with Gasteiger partial charge in [0.15, 0.2) is 5.67 Å². The number of nitrogens with zero attached hydrogens (tertiary/aromatic N) is 2. The minimum Gasteiger partial charge on any atom is -0.343 e. The summed E-state index contributed by atoms with van der Waals surface area (Å²) in [5.74, 6) is -0.114. The first-order chi connectivity index (χ1) is 14.0. The molecule has 1 fully saturated rings. The summed E-state index contributed by atoms with van der Waals surface area (Å²) in [6.07, 6.45) is 1.58. The number of piperazine rings is 1. The van der Waals surface area contributed by atoms with Gasteiger partial charge in [-0.2, -0.15) is 0 Å². The lowest BCUT2D eigenvalue weighted by Crippen LogP contribution is -2.53. The van der Waals surface area contributed by atoms with Crippen LogP contribution in [0.25, 0.3) is 0 Å². The number of aldehydes is 1. The van der Waals surface area contributed by atoms with E-state index in [0.717, 1.165) is 44.7 Å². The largest absolute Gasteiger partial charge is 0.343 e. The highest BCUT2D eigenvalue weighted by Gasteiger charge is 2.35. The molecule has 0 radical (unpaired) electrons. The quantitative estimate of drug-likeness (QED) is 0.570. The van der Waals surface area contributed by atoms with Crippen molar-refractivity contribution in [3.63, 3.8) is 0 Å². The lowest BCUT2D eigenvalue weighted by molar-refractivity contribution is -0.133. The summed E-state index contributed by atoms with van der Waals surface area (Å²) in [4.78, 5) is 38.4. The topological polar surface area (TPSA) is 69.7 Å². The summed E-state index contributed by atoms with van der Waals surface area (Å²) in [7, 11) is 0. The molecule has 30 heavy (non-hydrogen) atoms. The lowest BCUT2D eigenvalue weighted by Gasteiger charge is -2.32. The fraction of sp³-hybridized carbons (Fsp3) is 0.591. The average Bonchev–Trinajstić information content (AvgIpc) is 2.71. The van der Waals surface area contributed by atoms with Gasteiger partial charge in [-0.05, 0) is 38.8 Å². The number of nitrogens with one attached hydrogen (secondary N) is 1. The van der Waals surface area contributed by atoms with E-state index < -0.39 is 22.4 Å². The summed E-state index contributed by atoms with van der Waals surface area (Å²) >= 11 is 1.54. The third-order valence-corrected chi connectivity index (χ3v) is 6.78. The van der Waals surface area contributed by atoms with Crippen molar-refractivity contribution in [1.29, 1.82) is 0 Å². The Hall–Kier alpha value is -1.93. The van der Waals surface area contributed by atoms with Crippen molar-refractivity contribution in [3.8, 4) is 0 Å². The first-order valence-corrected chi connectivity index (χ1v) is 11.1. The molecule has 1 N–H and O–H groups in total. The fourth-order valence-corrected chi connectivity index (χ4v) is 4.09. The number of halogens is 1. The van der Waals surface area contributed by atoms with Crippen LogP contribution in [0.1, 0.15) is 38.8 Å². The molecule has 8 heteroatoms. The number of carbonyl (C=O) groups is 3. The van der Waals surface area contributed by atoms with Gasteiger partial charge in [0.1, 0.15) is 6.29 Å². The number of rotatable bonds is 10. The molecule has 1 aromatic rings. The zero-order valence-corrected chi connectivity index (χ0v) is 19.0. The molecule has 0 bridgehead atoms. The van der Waals surface area contributed by atoms with E-state index in [9.17, 15) is 18.8 Å². The Kier molecular flexibility index (Phi) is 8.43. The molecule has 0 saturated carbocycles. The van der Waals surface area contributed by atoms with E-state index in [1.807, 2.05) is 13.8 Å².